The number of carboxylic acid groups (broad SMARTS) is 1. The predicted molar refractivity (Wildman–Crippen MR) is 95.6 cm³/mol. The average molecular weight is 362 g/mol. The van der Waals surface area contributed by atoms with Crippen LogP contribution in [0.4, 0.5) is 4.79 Å². The first-order valence-corrected chi connectivity index (χ1v) is 8.61. The summed E-state index contributed by atoms with van der Waals surface area (Å²) in [5.74, 6) is -1.85. The van der Waals surface area contributed by atoms with Crippen molar-refractivity contribution in [3.8, 4) is 0 Å². The second-order valence-corrected chi connectivity index (χ2v) is 7.57. The molecule has 0 saturated carbocycles. The van der Waals surface area contributed by atoms with Crippen LogP contribution in [0.3, 0.4) is 0 Å². The van der Waals surface area contributed by atoms with Gasteiger partial charge in [0.15, 0.2) is 0 Å². The Morgan fingerprint density at radius 2 is 1.81 bits per heavy atom. The second-order valence-electron chi connectivity index (χ2n) is 7.57. The molecule has 1 saturated heterocycles. The molecule has 1 aliphatic heterocycles. The number of likely N-dealkylation sites (tertiary alicyclic amines) is 1. The summed E-state index contributed by atoms with van der Waals surface area (Å²) in [6.07, 6.45) is -0.486. The van der Waals surface area contributed by atoms with E-state index in [1.807, 2.05) is 24.3 Å². The quantitative estimate of drug-likeness (QED) is 0.857. The van der Waals surface area contributed by atoms with Crippen molar-refractivity contribution in [1.82, 2.24) is 10.2 Å². The molecule has 1 heterocycles. The van der Waals surface area contributed by atoms with Gasteiger partial charge in [0.1, 0.15) is 5.60 Å². The van der Waals surface area contributed by atoms with Gasteiger partial charge in [0.25, 0.3) is 0 Å². The molecule has 0 spiro atoms. The van der Waals surface area contributed by atoms with Crippen LogP contribution in [0.5, 0.6) is 0 Å². The van der Waals surface area contributed by atoms with Crippen LogP contribution < -0.4 is 5.32 Å². The Morgan fingerprint density at radius 1 is 1.19 bits per heavy atom. The van der Waals surface area contributed by atoms with Crippen LogP contribution in [-0.2, 0) is 20.9 Å². The van der Waals surface area contributed by atoms with E-state index >= 15 is 0 Å². The highest BCUT2D eigenvalue weighted by atomic mass is 16.6. The van der Waals surface area contributed by atoms with Gasteiger partial charge in [-0.05, 0) is 31.9 Å². The maximum absolute atomic E-state index is 11.7. The van der Waals surface area contributed by atoms with E-state index in [9.17, 15) is 19.5 Å². The molecule has 1 fully saturated rings. The lowest BCUT2D eigenvalue weighted by molar-refractivity contribution is -0.141. The number of hydrogen-bond donors (Lipinski definition) is 2. The van der Waals surface area contributed by atoms with Crippen molar-refractivity contribution in [2.45, 2.75) is 45.8 Å². The maximum Gasteiger partial charge on any atom is 0.407 e. The van der Waals surface area contributed by atoms with Crippen molar-refractivity contribution >= 4 is 18.0 Å². The topological polar surface area (TPSA) is 95.9 Å². The molecular weight excluding hydrogens is 336 g/mol. The van der Waals surface area contributed by atoms with Gasteiger partial charge in [0, 0.05) is 32.5 Å². The van der Waals surface area contributed by atoms with Crippen molar-refractivity contribution in [3.05, 3.63) is 35.4 Å². The Balaban J connectivity index is 2.01. The Hall–Kier alpha value is -2.57. The Labute approximate surface area is 153 Å². The van der Waals surface area contributed by atoms with Gasteiger partial charge in [0.05, 0.1) is 5.92 Å². The number of ether oxygens (including phenoxy) is 1. The summed E-state index contributed by atoms with van der Waals surface area (Å²) in [6.45, 7) is 7.80. The lowest BCUT2D eigenvalue weighted by atomic mass is 9.88. The number of alkyl carbamates (subject to hydrolysis) is 1. The molecule has 0 aromatic heterocycles. The van der Waals surface area contributed by atoms with E-state index in [4.69, 9.17) is 4.74 Å². The molecule has 2 unspecified atom stereocenters. The Morgan fingerprint density at radius 3 is 2.31 bits per heavy atom. The Bertz CT molecular complexity index is 678. The summed E-state index contributed by atoms with van der Waals surface area (Å²) >= 11 is 0. The molecule has 142 valence electrons. The van der Waals surface area contributed by atoms with Gasteiger partial charge >= 0.3 is 12.1 Å². The number of nitrogens with zero attached hydrogens (tertiary/aromatic N) is 1. The van der Waals surface area contributed by atoms with E-state index in [0.717, 1.165) is 11.1 Å². The van der Waals surface area contributed by atoms with Gasteiger partial charge < -0.3 is 20.1 Å². The number of carbonyl (C=O) groups excluding carboxylic acids is 2. The van der Waals surface area contributed by atoms with Crippen molar-refractivity contribution < 1.29 is 24.2 Å². The van der Waals surface area contributed by atoms with Crippen molar-refractivity contribution in [3.63, 3.8) is 0 Å². The third-order valence-corrected chi connectivity index (χ3v) is 4.33. The molecule has 0 radical (unpaired) electrons. The molecule has 2 N–H and O–H groups in total. The molecule has 2 rings (SSSR count). The number of carbonyl (C=O) groups is 3. The third kappa shape index (κ3) is 5.21. The standard InChI is InChI=1S/C19H26N2O5/c1-12(22)21-10-15(16(11-21)17(23)24)14-7-5-13(6-8-14)9-20-18(25)26-19(2,3)4/h5-8,15-16H,9-11H2,1-4H3,(H,20,25)(H,23,24). The molecule has 26 heavy (non-hydrogen) atoms. The zero-order valence-corrected chi connectivity index (χ0v) is 15.6. The van der Waals surface area contributed by atoms with E-state index in [-0.39, 0.29) is 18.4 Å². The first-order valence-electron chi connectivity index (χ1n) is 8.61. The molecular formula is C19H26N2O5. The lowest BCUT2D eigenvalue weighted by Gasteiger charge is -2.20. The number of nitrogens with one attached hydrogen (secondary N) is 1. The molecule has 7 nitrogen and oxygen atoms in total. The second kappa shape index (κ2) is 7.76. The minimum absolute atomic E-state index is 0.114. The normalized spacial score (nSPS) is 19.9. The van der Waals surface area contributed by atoms with Crippen LogP contribution in [0.2, 0.25) is 0 Å². The average Bonchev–Trinajstić information content (AvgIpc) is 2.97. The number of benzene rings is 1. The number of aliphatic carboxylic acids is 1. The SMILES string of the molecule is CC(=O)N1CC(C(=O)O)C(c2ccc(CNC(=O)OC(C)(C)C)cc2)C1. The first-order chi connectivity index (χ1) is 12.1. The first kappa shape index (κ1) is 19.8. The van der Waals surface area contributed by atoms with Gasteiger partial charge in [-0.2, -0.15) is 0 Å². The molecule has 1 aromatic carbocycles. The van der Waals surface area contributed by atoms with Gasteiger partial charge in [-0.15, -0.1) is 0 Å². The fraction of sp³-hybridized carbons (Fsp3) is 0.526. The van der Waals surface area contributed by atoms with Crippen molar-refractivity contribution in [1.29, 1.82) is 0 Å². The van der Waals surface area contributed by atoms with Gasteiger partial charge in [-0.1, -0.05) is 24.3 Å². The van der Waals surface area contributed by atoms with Gasteiger partial charge in [0.2, 0.25) is 5.91 Å². The number of carboxylic acids is 1. The molecule has 2 atom stereocenters. The monoisotopic (exact) mass is 362 g/mol. The molecule has 0 bridgehead atoms. The number of hydrogen-bond acceptors (Lipinski definition) is 4. The molecule has 2 amide bonds. The van der Waals surface area contributed by atoms with E-state index in [2.05, 4.69) is 5.32 Å². The summed E-state index contributed by atoms with van der Waals surface area (Å²) in [7, 11) is 0. The van der Waals surface area contributed by atoms with Crippen molar-refractivity contribution in [2.75, 3.05) is 13.1 Å². The largest absolute Gasteiger partial charge is 0.481 e. The highest BCUT2D eigenvalue weighted by molar-refractivity contribution is 5.78. The van der Waals surface area contributed by atoms with Crippen LogP contribution >= 0.6 is 0 Å². The lowest BCUT2D eigenvalue weighted by Crippen LogP contribution is -2.32. The maximum atomic E-state index is 11.7. The van der Waals surface area contributed by atoms with Crippen LogP contribution in [0.15, 0.2) is 24.3 Å². The zero-order chi connectivity index (χ0) is 19.5. The van der Waals surface area contributed by atoms with E-state index in [1.165, 1.54) is 6.92 Å². The molecule has 1 aromatic rings. The summed E-state index contributed by atoms with van der Waals surface area (Å²) < 4.78 is 5.19. The molecule has 7 heteroatoms. The molecule has 1 aliphatic rings. The smallest absolute Gasteiger partial charge is 0.407 e. The minimum atomic E-state index is -0.894. The van der Waals surface area contributed by atoms with Crippen LogP contribution in [0.1, 0.15) is 44.7 Å². The highest BCUT2D eigenvalue weighted by Gasteiger charge is 2.39. The minimum Gasteiger partial charge on any atom is -0.481 e. The summed E-state index contributed by atoms with van der Waals surface area (Å²) in [6, 6.07) is 7.41. The van der Waals surface area contributed by atoms with Gasteiger partial charge in [-0.3, -0.25) is 9.59 Å². The zero-order valence-electron chi connectivity index (χ0n) is 15.6. The van der Waals surface area contributed by atoms with Crippen LogP contribution in [0.25, 0.3) is 0 Å². The van der Waals surface area contributed by atoms with E-state index in [0.29, 0.717) is 13.1 Å². The van der Waals surface area contributed by atoms with Crippen LogP contribution in [0, 0.1) is 5.92 Å². The number of rotatable bonds is 4. The fourth-order valence-corrected chi connectivity index (χ4v) is 3.02. The summed E-state index contributed by atoms with van der Waals surface area (Å²) in [5.41, 5.74) is 1.21. The molecule has 0 aliphatic carbocycles. The fourth-order valence-electron chi connectivity index (χ4n) is 3.02. The number of amides is 2. The predicted octanol–water partition coefficient (Wildman–Crippen LogP) is 2.36. The van der Waals surface area contributed by atoms with E-state index in [1.54, 1.807) is 25.7 Å². The third-order valence-electron chi connectivity index (χ3n) is 4.33. The summed E-state index contributed by atoms with van der Waals surface area (Å²) in [5, 5.41) is 12.1. The summed E-state index contributed by atoms with van der Waals surface area (Å²) in [4.78, 5) is 36.3. The van der Waals surface area contributed by atoms with Crippen LogP contribution in [-0.4, -0.2) is 46.7 Å². The van der Waals surface area contributed by atoms with Crippen molar-refractivity contribution in [2.24, 2.45) is 5.92 Å². The Kier molecular flexibility index (Phi) is 5.90. The highest BCUT2D eigenvalue weighted by Crippen LogP contribution is 2.33. The van der Waals surface area contributed by atoms with E-state index < -0.39 is 23.6 Å². The van der Waals surface area contributed by atoms with Gasteiger partial charge in [-0.25, -0.2) is 4.79 Å².